The van der Waals surface area contributed by atoms with Crippen molar-refractivity contribution in [2.45, 2.75) is 20.8 Å². The number of aromatic nitrogens is 1. The van der Waals surface area contributed by atoms with Crippen LogP contribution in [0.25, 0.3) is 10.9 Å². The molecule has 0 atom stereocenters. The number of Topliss-reactive ketones (excluding diaryl/α,β-unsaturated/α-hetero) is 1. The predicted molar refractivity (Wildman–Crippen MR) is 62.8 cm³/mol. The molecule has 0 fully saturated rings. The van der Waals surface area contributed by atoms with E-state index in [9.17, 15) is 4.79 Å². The van der Waals surface area contributed by atoms with Crippen LogP contribution in [-0.2, 0) is 0 Å². The summed E-state index contributed by atoms with van der Waals surface area (Å²) < 4.78 is 0. The lowest BCUT2D eigenvalue weighted by Gasteiger charge is -1.98. The second-order valence-corrected chi connectivity index (χ2v) is 4.18. The van der Waals surface area contributed by atoms with E-state index in [1.165, 1.54) is 0 Å². The number of aromatic amines is 1. The lowest BCUT2D eigenvalue weighted by molar-refractivity contribution is 0.101. The molecule has 0 aliphatic rings. The van der Waals surface area contributed by atoms with Gasteiger partial charge < -0.3 is 4.98 Å². The van der Waals surface area contributed by atoms with E-state index in [0.29, 0.717) is 10.7 Å². The molecule has 0 amide bonds. The molecule has 2 aromatic rings. The first-order chi connectivity index (χ1) is 7.02. The first-order valence-electron chi connectivity index (χ1n) is 4.80. The topological polar surface area (TPSA) is 32.9 Å². The molecule has 15 heavy (non-hydrogen) atoms. The van der Waals surface area contributed by atoms with Crippen molar-refractivity contribution in [2.75, 3.05) is 0 Å². The number of carbonyl (C=O) groups excluding carboxylic acids is 1. The maximum Gasteiger partial charge on any atom is 0.176 e. The maximum absolute atomic E-state index is 11.4. The van der Waals surface area contributed by atoms with E-state index in [2.05, 4.69) is 4.98 Å². The molecule has 0 saturated heterocycles. The van der Waals surface area contributed by atoms with Crippen molar-refractivity contribution in [3.63, 3.8) is 0 Å². The summed E-state index contributed by atoms with van der Waals surface area (Å²) in [7, 11) is 0. The van der Waals surface area contributed by atoms with Crippen LogP contribution in [0.2, 0.25) is 5.02 Å². The van der Waals surface area contributed by atoms with Crippen LogP contribution in [-0.4, -0.2) is 10.8 Å². The molecule has 1 aromatic heterocycles. The molecule has 1 heterocycles. The Balaban J connectivity index is 2.88. The Kier molecular flexibility index (Phi) is 2.31. The minimum atomic E-state index is 0.0393. The maximum atomic E-state index is 11.4. The fourth-order valence-corrected chi connectivity index (χ4v) is 2.03. The second-order valence-electron chi connectivity index (χ2n) is 3.80. The average molecular weight is 222 g/mol. The Morgan fingerprint density at radius 3 is 2.60 bits per heavy atom. The molecular weight excluding hydrogens is 210 g/mol. The zero-order valence-corrected chi connectivity index (χ0v) is 9.70. The van der Waals surface area contributed by atoms with Gasteiger partial charge >= 0.3 is 0 Å². The molecule has 0 radical (unpaired) electrons. The normalized spacial score (nSPS) is 10.9. The summed E-state index contributed by atoms with van der Waals surface area (Å²) in [6.45, 7) is 5.44. The molecule has 0 aliphatic carbocycles. The number of halogens is 1. The van der Waals surface area contributed by atoms with Gasteiger partial charge in [-0.25, -0.2) is 0 Å². The van der Waals surface area contributed by atoms with Gasteiger partial charge in [-0.3, -0.25) is 4.79 Å². The molecular formula is C12H12ClNO. The number of hydrogen-bond acceptors (Lipinski definition) is 1. The van der Waals surface area contributed by atoms with Crippen molar-refractivity contribution in [1.82, 2.24) is 4.98 Å². The highest BCUT2D eigenvalue weighted by Gasteiger charge is 2.13. The number of rotatable bonds is 1. The Bertz CT molecular complexity index is 554. The molecule has 3 heteroatoms. The van der Waals surface area contributed by atoms with Crippen molar-refractivity contribution >= 4 is 28.3 Å². The van der Waals surface area contributed by atoms with Gasteiger partial charge in [-0.1, -0.05) is 23.7 Å². The summed E-state index contributed by atoms with van der Waals surface area (Å²) in [5.41, 5.74) is 3.50. The Labute approximate surface area is 93.2 Å². The summed E-state index contributed by atoms with van der Waals surface area (Å²) >= 11 is 6.17. The summed E-state index contributed by atoms with van der Waals surface area (Å²) in [6.07, 6.45) is 0. The van der Waals surface area contributed by atoms with Gasteiger partial charge in [0.2, 0.25) is 0 Å². The summed E-state index contributed by atoms with van der Waals surface area (Å²) in [6, 6.07) is 3.96. The monoisotopic (exact) mass is 221 g/mol. The lowest BCUT2D eigenvalue weighted by atomic mass is 10.1. The zero-order chi connectivity index (χ0) is 11.2. The second kappa shape index (κ2) is 3.38. The Hall–Kier alpha value is -1.28. The van der Waals surface area contributed by atoms with Crippen molar-refractivity contribution in [3.05, 3.63) is 34.0 Å². The van der Waals surface area contributed by atoms with Gasteiger partial charge in [0.05, 0.1) is 16.2 Å². The van der Waals surface area contributed by atoms with Crippen LogP contribution in [0.1, 0.15) is 28.5 Å². The minimum absolute atomic E-state index is 0.0393. The number of hydrogen-bond donors (Lipinski definition) is 1. The highest BCUT2D eigenvalue weighted by Crippen LogP contribution is 2.30. The van der Waals surface area contributed by atoms with Crippen molar-refractivity contribution in [2.24, 2.45) is 0 Å². The Morgan fingerprint density at radius 1 is 1.33 bits per heavy atom. The van der Waals surface area contributed by atoms with Gasteiger partial charge in [-0.15, -0.1) is 0 Å². The summed E-state index contributed by atoms with van der Waals surface area (Å²) in [5, 5.41) is 1.72. The van der Waals surface area contributed by atoms with E-state index in [0.717, 1.165) is 22.0 Å². The molecule has 0 unspecified atom stereocenters. The van der Waals surface area contributed by atoms with Crippen molar-refractivity contribution in [1.29, 1.82) is 0 Å². The van der Waals surface area contributed by atoms with E-state index in [-0.39, 0.29) is 5.78 Å². The van der Waals surface area contributed by atoms with Crippen LogP contribution < -0.4 is 0 Å². The molecule has 2 rings (SSSR count). The third-order valence-electron chi connectivity index (χ3n) is 2.72. The fraction of sp³-hybridized carbons (Fsp3) is 0.250. The Morgan fingerprint density at radius 2 is 2.00 bits per heavy atom. The van der Waals surface area contributed by atoms with Gasteiger partial charge in [0.25, 0.3) is 0 Å². The molecule has 0 bridgehead atoms. The van der Waals surface area contributed by atoms with Gasteiger partial charge in [-0.2, -0.15) is 0 Å². The van der Waals surface area contributed by atoms with Crippen LogP contribution in [0.3, 0.4) is 0 Å². The highest BCUT2D eigenvalue weighted by molar-refractivity contribution is 6.36. The predicted octanol–water partition coefficient (Wildman–Crippen LogP) is 3.64. The highest BCUT2D eigenvalue weighted by atomic mass is 35.5. The number of nitrogens with one attached hydrogen (secondary N) is 1. The smallest absolute Gasteiger partial charge is 0.176 e. The lowest BCUT2D eigenvalue weighted by Crippen LogP contribution is -1.93. The zero-order valence-electron chi connectivity index (χ0n) is 8.94. The summed E-state index contributed by atoms with van der Waals surface area (Å²) in [4.78, 5) is 14.4. The van der Waals surface area contributed by atoms with Gasteiger partial charge in [-0.05, 0) is 25.0 Å². The van der Waals surface area contributed by atoms with Crippen LogP contribution in [0, 0.1) is 13.8 Å². The third kappa shape index (κ3) is 1.45. The van der Waals surface area contributed by atoms with Gasteiger partial charge in [0, 0.05) is 12.3 Å². The summed E-state index contributed by atoms with van der Waals surface area (Å²) in [5.74, 6) is 0.0393. The number of ketones is 1. The van der Waals surface area contributed by atoms with Gasteiger partial charge in [0.1, 0.15) is 0 Å². The molecule has 0 spiro atoms. The number of fused-ring (bicyclic) bond motifs is 1. The minimum Gasteiger partial charge on any atom is -0.351 e. The number of benzene rings is 1. The third-order valence-corrected chi connectivity index (χ3v) is 3.20. The quantitative estimate of drug-likeness (QED) is 0.733. The number of aryl methyl sites for hydroxylation is 2. The van der Waals surface area contributed by atoms with E-state index < -0.39 is 0 Å². The average Bonchev–Trinajstić information content (AvgIpc) is 2.51. The van der Waals surface area contributed by atoms with Crippen molar-refractivity contribution < 1.29 is 4.79 Å². The number of carbonyl (C=O) groups is 1. The first-order valence-corrected chi connectivity index (χ1v) is 5.18. The van der Waals surface area contributed by atoms with E-state index in [1.807, 2.05) is 26.0 Å². The van der Waals surface area contributed by atoms with Crippen LogP contribution >= 0.6 is 11.6 Å². The van der Waals surface area contributed by atoms with Crippen LogP contribution in [0.5, 0.6) is 0 Å². The molecule has 0 aliphatic heterocycles. The van der Waals surface area contributed by atoms with E-state index >= 15 is 0 Å². The fourth-order valence-electron chi connectivity index (χ4n) is 1.82. The molecule has 2 nitrogen and oxygen atoms in total. The van der Waals surface area contributed by atoms with Gasteiger partial charge in [0.15, 0.2) is 5.78 Å². The SMILES string of the molecule is CC(=O)c1[nH]c2c(Cl)c(C)ccc2c1C. The molecule has 78 valence electrons. The van der Waals surface area contributed by atoms with E-state index in [4.69, 9.17) is 11.6 Å². The molecule has 1 aromatic carbocycles. The largest absolute Gasteiger partial charge is 0.351 e. The first kappa shape index (κ1) is 10.2. The van der Waals surface area contributed by atoms with Crippen LogP contribution in [0.15, 0.2) is 12.1 Å². The van der Waals surface area contributed by atoms with Crippen LogP contribution in [0.4, 0.5) is 0 Å². The van der Waals surface area contributed by atoms with Crippen molar-refractivity contribution in [3.8, 4) is 0 Å². The molecule has 0 saturated carbocycles. The van der Waals surface area contributed by atoms with E-state index in [1.54, 1.807) is 6.92 Å². The standard InChI is InChI=1S/C12H12ClNO/c1-6-4-5-9-7(2)11(8(3)15)14-12(9)10(6)13/h4-5,14H,1-3H3. The number of H-pyrrole nitrogens is 1. The molecule has 1 N–H and O–H groups in total.